The highest BCUT2D eigenvalue weighted by molar-refractivity contribution is 7.99. The topological polar surface area (TPSA) is 70.0 Å². The molecule has 0 saturated carbocycles. The Bertz CT molecular complexity index is 201. The molecule has 0 bridgehead atoms. The Morgan fingerprint density at radius 3 is 2.73 bits per heavy atom. The number of aliphatic hydroxyl groups is 1. The Labute approximate surface area is 97.0 Å². The predicted molar refractivity (Wildman–Crippen MR) is 65.7 cm³/mol. The van der Waals surface area contributed by atoms with Gasteiger partial charge in [0.2, 0.25) is 0 Å². The molecule has 0 aromatic heterocycles. The number of nitrogens with zero attached hydrogens (tertiary/aromatic N) is 1. The lowest BCUT2D eigenvalue weighted by Crippen LogP contribution is -2.33. The molecule has 0 rings (SSSR count). The largest absolute Gasteiger partial charge is 0.396 e. The maximum absolute atomic E-state index is 8.71. The lowest BCUT2D eigenvalue weighted by atomic mass is 9.99. The van der Waals surface area contributed by atoms with E-state index >= 15 is 0 Å². The molecule has 3 nitrogen and oxygen atoms in total. The zero-order valence-electron chi connectivity index (χ0n) is 9.70. The van der Waals surface area contributed by atoms with Crippen LogP contribution in [0.5, 0.6) is 0 Å². The summed E-state index contributed by atoms with van der Waals surface area (Å²) < 4.78 is 0. The summed E-state index contributed by atoms with van der Waals surface area (Å²) in [7, 11) is 0. The van der Waals surface area contributed by atoms with E-state index in [1.807, 2.05) is 11.8 Å². The molecule has 3 N–H and O–H groups in total. The van der Waals surface area contributed by atoms with Crippen molar-refractivity contribution in [2.75, 3.05) is 12.4 Å². The molecule has 4 heteroatoms. The van der Waals surface area contributed by atoms with Gasteiger partial charge in [0.1, 0.15) is 5.54 Å². The van der Waals surface area contributed by atoms with Crippen LogP contribution in [0.2, 0.25) is 0 Å². The van der Waals surface area contributed by atoms with Crippen molar-refractivity contribution in [3.8, 4) is 6.07 Å². The third-order valence-corrected chi connectivity index (χ3v) is 3.61. The van der Waals surface area contributed by atoms with Crippen LogP contribution in [0.1, 0.15) is 39.5 Å². The van der Waals surface area contributed by atoms with Gasteiger partial charge in [-0.15, -0.1) is 0 Å². The second kappa shape index (κ2) is 7.98. The van der Waals surface area contributed by atoms with Gasteiger partial charge in [-0.05, 0) is 38.4 Å². The van der Waals surface area contributed by atoms with E-state index < -0.39 is 5.54 Å². The quantitative estimate of drug-likeness (QED) is 0.625. The minimum atomic E-state index is -0.665. The van der Waals surface area contributed by atoms with Gasteiger partial charge in [-0.1, -0.05) is 6.92 Å². The second-order valence-electron chi connectivity index (χ2n) is 4.18. The van der Waals surface area contributed by atoms with Crippen molar-refractivity contribution in [2.24, 2.45) is 5.73 Å². The van der Waals surface area contributed by atoms with Crippen molar-refractivity contribution in [1.82, 2.24) is 0 Å². The number of nitriles is 1. The molecule has 0 aliphatic rings. The van der Waals surface area contributed by atoms with Crippen LogP contribution in [-0.4, -0.2) is 28.3 Å². The summed E-state index contributed by atoms with van der Waals surface area (Å²) in [6, 6.07) is 2.10. The van der Waals surface area contributed by atoms with Crippen LogP contribution in [0.15, 0.2) is 0 Å². The van der Waals surface area contributed by atoms with Crippen LogP contribution in [0.4, 0.5) is 0 Å². The van der Waals surface area contributed by atoms with E-state index in [0.717, 1.165) is 31.4 Å². The van der Waals surface area contributed by atoms with Gasteiger partial charge in [-0.25, -0.2) is 0 Å². The molecule has 88 valence electrons. The first-order valence-electron chi connectivity index (χ1n) is 5.44. The molecular weight excluding hydrogens is 208 g/mol. The van der Waals surface area contributed by atoms with Crippen molar-refractivity contribution in [3.05, 3.63) is 0 Å². The maximum Gasteiger partial charge on any atom is 0.101 e. The van der Waals surface area contributed by atoms with Crippen LogP contribution in [-0.2, 0) is 0 Å². The van der Waals surface area contributed by atoms with Gasteiger partial charge in [0.15, 0.2) is 0 Å². The van der Waals surface area contributed by atoms with Crippen molar-refractivity contribution in [3.63, 3.8) is 0 Å². The molecule has 0 aromatic rings. The summed E-state index contributed by atoms with van der Waals surface area (Å²) in [4.78, 5) is 0. The van der Waals surface area contributed by atoms with Gasteiger partial charge < -0.3 is 10.8 Å². The summed E-state index contributed by atoms with van der Waals surface area (Å²) >= 11 is 1.88. The zero-order valence-corrected chi connectivity index (χ0v) is 10.5. The van der Waals surface area contributed by atoms with E-state index in [0.29, 0.717) is 5.25 Å². The van der Waals surface area contributed by atoms with Crippen molar-refractivity contribution in [2.45, 2.75) is 50.3 Å². The minimum absolute atomic E-state index is 0.267. The first-order chi connectivity index (χ1) is 7.02. The summed E-state index contributed by atoms with van der Waals surface area (Å²) in [5.41, 5.74) is 5.04. The van der Waals surface area contributed by atoms with Crippen molar-refractivity contribution < 1.29 is 5.11 Å². The van der Waals surface area contributed by atoms with Crippen molar-refractivity contribution >= 4 is 11.8 Å². The molecule has 0 spiro atoms. The fraction of sp³-hybridized carbons (Fsp3) is 0.909. The second-order valence-corrected chi connectivity index (χ2v) is 5.73. The average molecular weight is 230 g/mol. The molecule has 2 unspecified atom stereocenters. The Morgan fingerprint density at radius 1 is 1.53 bits per heavy atom. The first kappa shape index (κ1) is 14.8. The Balaban J connectivity index is 3.37. The first-order valence-corrected chi connectivity index (χ1v) is 6.49. The number of hydrogen-bond donors (Lipinski definition) is 2. The summed E-state index contributed by atoms with van der Waals surface area (Å²) in [5, 5.41) is 17.9. The molecule has 0 aliphatic heterocycles. The van der Waals surface area contributed by atoms with E-state index in [2.05, 4.69) is 13.0 Å². The lowest BCUT2D eigenvalue weighted by molar-refractivity contribution is 0.289. The van der Waals surface area contributed by atoms with Crippen LogP contribution in [0.3, 0.4) is 0 Å². The van der Waals surface area contributed by atoms with Crippen LogP contribution < -0.4 is 5.73 Å². The number of nitrogens with two attached hydrogens (primary N) is 1. The molecule has 0 fully saturated rings. The normalized spacial score (nSPS) is 16.7. The van der Waals surface area contributed by atoms with Crippen molar-refractivity contribution in [1.29, 1.82) is 5.26 Å². The third kappa shape index (κ3) is 8.73. The van der Waals surface area contributed by atoms with Gasteiger partial charge in [-0.2, -0.15) is 17.0 Å². The summed E-state index contributed by atoms with van der Waals surface area (Å²) in [6.45, 7) is 4.17. The number of rotatable bonds is 8. The lowest BCUT2D eigenvalue weighted by Gasteiger charge is -2.15. The average Bonchev–Trinajstić information content (AvgIpc) is 2.17. The molecule has 15 heavy (non-hydrogen) atoms. The number of hydrogen-bond acceptors (Lipinski definition) is 4. The summed E-state index contributed by atoms with van der Waals surface area (Å²) in [5.74, 6) is 1.09. The minimum Gasteiger partial charge on any atom is -0.396 e. The van der Waals surface area contributed by atoms with Gasteiger partial charge in [0, 0.05) is 11.9 Å². The molecule has 0 aromatic carbocycles. The van der Waals surface area contributed by atoms with E-state index in [-0.39, 0.29) is 6.61 Å². The third-order valence-electron chi connectivity index (χ3n) is 2.28. The molecule has 0 heterocycles. The fourth-order valence-electron chi connectivity index (χ4n) is 1.20. The highest BCUT2D eigenvalue weighted by Gasteiger charge is 2.15. The van der Waals surface area contributed by atoms with E-state index in [1.165, 1.54) is 0 Å². The Hall–Kier alpha value is -0.240. The molecular formula is C11H22N2OS. The van der Waals surface area contributed by atoms with Crippen LogP contribution in [0, 0.1) is 11.3 Å². The zero-order chi connectivity index (χ0) is 11.7. The highest BCUT2D eigenvalue weighted by Crippen LogP contribution is 2.17. The number of unbranched alkanes of at least 4 members (excludes halogenated alkanes) is 1. The van der Waals surface area contributed by atoms with Crippen LogP contribution >= 0.6 is 11.8 Å². The van der Waals surface area contributed by atoms with E-state index in [4.69, 9.17) is 16.1 Å². The van der Waals surface area contributed by atoms with Gasteiger partial charge in [0.05, 0.1) is 6.07 Å². The summed E-state index contributed by atoms with van der Waals surface area (Å²) in [6.07, 6.45) is 3.71. The van der Waals surface area contributed by atoms with Gasteiger partial charge in [-0.3, -0.25) is 0 Å². The monoisotopic (exact) mass is 230 g/mol. The molecule has 0 aliphatic carbocycles. The van der Waals surface area contributed by atoms with Crippen LogP contribution in [0.25, 0.3) is 0 Å². The van der Waals surface area contributed by atoms with Gasteiger partial charge >= 0.3 is 0 Å². The van der Waals surface area contributed by atoms with E-state index in [1.54, 1.807) is 6.92 Å². The maximum atomic E-state index is 8.71. The molecule has 2 atom stereocenters. The smallest absolute Gasteiger partial charge is 0.101 e. The molecule has 0 radical (unpaired) electrons. The Kier molecular flexibility index (Phi) is 7.85. The van der Waals surface area contributed by atoms with Gasteiger partial charge in [0.25, 0.3) is 0 Å². The predicted octanol–water partition coefficient (Wildman–Crippen LogP) is 1.90. The Morgan fingerprint density at radius 2 is 2.20 bits per heavy atom. The molecule has 0 saturated heterocycles. The fourth-order valence-corrected chi connectivity index (χ4v) is 2.25. The highest BCUT2D eigenvalue weighted by atomic mass is 32.2. The number of aliphatic hydroxyl groups excluding tert-OH is 1. The van der Waals surface area contributed by atoms with E-state index in [9.17, 15) is 0 Å². The number of thioether (sulfide) groups is 1. The molecule has 0 amide bonds. The SMILES string of the molecule is CC(CCO)SCCCCC(C)(N)C#N. The standard InChI is InChI=1S/C11H22N2OS/c1-10(5-7-14)15-8-4-3-6-11(2,13)9-12/h10,14H,3-8,13H2,1-2H3.